The second kappa shape index (κ2) is 8.07. The number of aromatic nitrogens is 3. The molecule has 2 aromatic heterocycles. The molecule has 0 saturated heterocycles. The number of fused-ring (bicyclic) bond motifs is 1. The summed E-state index contributed by atoms with van der Waals surface area (Å²) in [5.74, 6) is -1.53. The van der Waals surface area contributed by atoms with Gasteiger partial charge in [0.25, 0.3) is 0 Å². The van der Waals surface area contributed by atoms with Crippen LogP contribution in [-0.4, -0.2) is 27.3 Å². The zero-order valence-electron chi connectivity index (χ0n) is 16.1. The van der Waals surface area contributed by atoms with Gasteiger partial charge in [0, 0.05) is 28.4 Å². The molecular formula is C21H16ClF3N4O2. The third kappa shape index (κ3) is 4.72. The van der Waals surface area contributed by atoms with Crippen molar-refractivity contribution in [2.45, 2.75) is 19.5 Å². The van der Waals surface area contributed by atoms with Gasteiger partial charge in [0.1, 0.15) is 11.2 Å². The Morgan fingerprint density at radius 3 is 2.68 bits per heavy atom. The van der Waals surface area contributed by atoms with E-state index in [0.717, 1.165) is 0 Å². The van der Waals surface area contributed by atoms with Crippen molar-refractivity contribution in [3.8, 4) is 22.7 Å². The quantitative estimate of drug-likeness (QED) is 0.388. The number of hydrogen-bond acceptors (Lipinski definition) is 4. The summed E-state index contributed by atoms with van der Waals surface area (Å²) in [7, 11) is 0. The van der Waals surface area contributed by atoms with Gasteiger partial charge < -0.3 is 9.73 Å². The van der Waals surface area contributed by atoms with Crippen molar-refractivity contribution < 1.29 is 22.4 Å². The standard InChI is InChI=1S/C21H16ClF3N4O2/c1-11(9-21(23,24)25)19(30)27-14-5-2-12(3-6-14)18-15(10-26-29-18)20-28-16-8-13(22)4-7-17(16)31-20/h2-8,10-11H,9H2,1H3,(H,26,29)(H,27,30). The Hall–Kier alpha value is -3.33. The number of amides is 1. The van der Waals surface area contributed by atoms with Crippen LogP contribution >= 0.6 is 11.6 Å². The lowest BCUT2D eigenvalue weighted by atomic mass is 10.1. The number of rotatable bonds is 5. The minimum absolute atomic E-state index is 0.361. The highest BCUT2D eigenvalue weighted by Crippen LogP contribution is 2.33. The highest BCUT2D eigenvalue weighted by atomic mass is 35.5. The summed E-state index contributed by atoms with van der Waals surface area (Å²) < 4.78 is 43.2. The van der Waals surface area contributed by atoms with Crippen molar-refractivity contribution in [1.29, 1.82) is 0 Å². The topological polar surface area (TPSA) is 83.8 Å². The molecule has 1 amide bonds. The molecule has 0 aliphatic carbocycles. The molecule has 2 aromatic carbocycles. The average molecular weight is 449 g/mol. The van der Waals surface area contributed by atoms with E-state index in [-0.39, 0.29) is 0 Å². The van der Waals surface area contributed by atoms with Crippen LogP contribution in [0.1, 0.15) is 13.3 Å². The van der Waals surface area contributed by atoms with Crippen LogP contribution in [0.5, 0.6) is 0 Å². The third-order valence-electron chi connectivity index (χ3n) is 4.63. The number of anilines is 1. The number of oxazole rings is 1. The summed E-state index contributed by atoms with van der Waals surface area (Å²) in [6.07, 6.45) is -3.92. The van der Waals surface area contributed by atoms with Crippen LogP contribution in [0.25, 0.3) is 33.8 Å². The van der Waals surface area contributed by atoms with E-state index in [1.807, 2.05) is 0 Å². The molecule has 31 heavy (non-hydrogen) atoms. The average Bonchev–Trinajstić information content (AvgIpc) is 3.33. The molecule has 4 aromatic rings. The molecule has 4 rings (SSSR count). The van der Waals surface area contributed by atoms with E-state index >= 15 is 0 Å². The van der Waals surface area contributed by atoms with Gasteiger partial charge in [-0.15, -0.1) is 0 Å². The zero-order valence-corrected chi connectivity index (χ0v) is 16.9. The Balaban J connectivity index is 1.54. The summed E-state index contributed by atoms with van der Waals surface area (Å²) in [5, 5.41) is 10.1. The molecule has 0 spiro atoms. The fourth-order valence-electron chi connectivity index (χ4n) is 3.11. The van der Waals surface area contributed by atoms with E-state index in [4.69, 9.17) is 16.0 Å². The Morgan fingerprint density at radius 1 is 1.23 bits per heavy atom. The van der Waals surface area contributed by atoms with Crippen LogP contribution in [0.2, 0.25) is 5.02 Å². The van der Waals surface area contributed by atoms with Gasteiger partial charge in [0.15, 0.2) is 5.58 Å². The SMILES string of the molecule is CC(CC(F)(F)F)C(=O)Nc1ccc(-c2n[nH]cc2-c2nc3cc(Cl)ccc3o2)cc1. The van der Waals surface area contributed by atoms with Gasteiger partial charge >= 0.3 is 6.18 Å². The Kier molecular flexibility index (Phi) is 5.45. The second-order valence-corrected chi connectivity index (χ2v) is 7.50. The number of nitrogens with one attached hydrogen (secondary N) is 2. The fourth-order valence-corrected chi connectivity index (χ4v) is 3.27. The van der Waals surface area contributed by atoms with Crippen LogP contribution in [0.15, 0.2) is 53.1 Å². The molecular weight excluding hydrogens is 433 g/mol. The van der Waals surface area contributed by atoms with Gasteiger partial charge in [-0.1, -0.05) is 30.7 Å². The first-order valence-electron chi connectivity index (χ1n) is 9.28. The molecule has 160 valence electrons. The molecule has 0 aliphatic rings. The molecule has 0 fully saturated rings. The molecule has 2 N–H and O–H groups in total. The smallest absolute Gasteiger partial charge is 0.389 e. The number of alkyl halides is 3. The van der Waals surface area contributed by atoms with Crippen LogP contribution in [-0.2, 0) is 4.79 Å². The minimum atomic E-state index is -4.40. The summed E-state index contributed by atoms with van der Waals surface area (Å²) in [6.45, 7) is 1.24. The van der Waals surface area contributed by atoms with E-state index in [9.17, 15) is 18.0 Å². The summed E-state index contributed by atoms with van der Waals surface area (Å²) in [6, 6.07) is 11.7. The highest BCUT2D eigenvalue weighted by Gasteiger charge is 2.32. The van der Waals surface area contributed by atoms with Gasteiger partial charge in [-0.25, -0.2) is 4.98 Å². The first-order chi connectivity index (χ1) is 14.7. The molecule has 6 nitrogen and oxygen atoms in total. The molecule has 2 heterocycles. The van der Waals surface area contributed by atoms with E-state index in [0.29, 0.717) is 44.5 Å². The van der Waals surface area contributed by atoms with E-state index in [2.05, 4.69) is 20.5 Å². The van der Waals surface area contributed by atoms with Gasteiger partial charge in [-0.05, 0) is 30.3 Å². The largest absolute Gasteiger partial charge is 0.436 e. The number of benzene rings is 2. The predicted molar refractivity (Wildman–Crippen MR) is 111 cm³/mol. The zero-order chi connectivity index (χ0) is 22.2. The first kappa shape index (κ1) is 20.9. The van der Waals surface area contributed by atoms with Crippen LogP contribution in [0.4, 0.5) is 18.9 Å². The number of carbonyl (C=O) groups is 1. The van der Waals surface area contributed by atoms with Crippen molar-refractivity contribution in [2.24, 2.45) is 5.92 Å². The normalized spacial score (nSPS) is 12.8. The van der Waals surface area contributed by atoms with Crippen molar-refractivity contribution in [3.63, 3.8) is 0 Å². The number of hydrogen-bond donors (Lipinski definition) is 2. The fraction of sp³-hybridized carbons (Fsp3) is 0.190. The summed E-state index contributed by atoms with van der Waals surface area (Å²) >= 11 is 6.00. The lowest BCUT2D eigenvalue weighted by molar-refractivity contribution is -0.150. The Morgan fingerprint density at radius 2 is 1.97 bits per heavy atom. The minimum Gasteiger partial charge on any atom is -0.436 e. The number of halogens is 4. The maximum Gasteiger partial charge on any atom is 0.389 e. The number of nitrogens with zero attached hydrogens (tertiary/aromatic N) is 2. The molecule has 10 heteroatoms. The molecule has 0 radical (unpaired) electrons. The van der Waals surface area contributed by atoms with E-state index in [1.165, 1.54) is 6.92 Å². The van der Waals surface area contributed by atoms with Crippen molar-refractivity contribution >= 4 is 34.3 Å². The van der Waals surface area contributed by atoms with Crippen molar-refractivity contribution in [2.75, 3.05) is 5.32 Å². The van der Waals surface area contributed by atoms with Crippen molar-refractivity contribution in [3.05, 3.63) is 53.7 Å². The number of H-pyrrole nitrogens is 1. The lowest BCUT2D eigenvalue weighted by Crippen LogP contribution is -2.25. The molecule has 1 unspecified atom stereocenters. The number of aromatic amines is 1. The number of carbonyl (C=O) groups excluding carboxylic acids is 1. The van der Waals surface area contributed by atoms with Crippen LogP contribution in [0, 0.1) is 5.92 Å². The Labute approximate surface area is 179 Å². The monoisotopic (exact) mass is 448 g/mol. The predicted octanol–water partition coefficient (Wildman–Crippen LogP) is 6.07. The molecule has 1 atom stereocenters. The van der Waals surface area contributed by atoms with Gasteiger partial charge in [0.2, 0.25) is 11.8 Å². The van der Waals surface area contributed by atoms with E-state index < -0.39 is 24.4 Å². The maximum absolute atomic E-state index is 12.5. The first-order valence-corrected chi connectivity index (χ1v) is 9.66. The van der Waals surface area contributed by atoms with Crippen LogP contribution < -0.4 is 5.32 Å². The van der Waals surface area contributed by atoms with Gasteiger partial charge in [-0.3, -0.25) is 9.89 Å². The van der Waals surface area contributed by atoms with Crippen molar-refractivity contribution in [1.82, 2.24) is 15.2 Å². The lowest BCUT2D eigenvalue weighted by Gasteiger charge is -2.14. The van der Waals surface area contributed by atoms with Gasteiger partial charge in [0.05, 0.1) is 12.0 Å². The molecule has 0 bridgehead atoms. The van der Waals surface area contributed by atoms with Crippen LogP contribution in [0.3, 0.4) is 0 Å². The second-order valence-electron chi connectivity index (χ2n) is 7.07. The highest BCUT2D eigenvalue weighted by molar-refractivity contribution is 6.31. The van der Waals surface area contributed by atoms with Gasteiger partial charge in [-0.2, -0.15) is 18.3 Å². The summed E-state index contributed by atoms with van der Waals surface area (Å²) in [4.78, 5) is 16.4. The molecule has 0 aliphatic heterocycles. The summed E-state index contributed by atoms with van der Waals surface area (Å²) in [5.41, 5.74) is 3.48. The maximum atomic E-state index is 12.5. The Bertz CT molecular complexity index is 1230. The van der Waals surface area contributed by atoms with E-state index in [1.54, 1.807) is 48.7 Å². The molecule has 0 saturated carbocycles. The third-order valence-corrected chi connectivity index (χ3v) is 4.87.